The van der Waals surface area contributed by atoms with Gasteiger partial charge in [-0.25, -0.2) is 14.2 Å². The van der Waals surface area contributed by atoms with Gasteiger partial charge in [0.1, 0.15) is 5.82 Å². The molecule has 0 unspecified atom stereocenters. The van der Waals surface area contributed by atoms with Crippen molar-refractivity contribution < 1.29 is 9.18 Å². The van der Waals surface area contributed by atoms with Crippen LogP contribution < -0.4 is 15.8 Å². The fourth-order valence-electron chi connectivity index (χ4n) is 4.41. The van der Waals surface area contributed by atoms with E-state index in [0.29, 0.717) is 49.8 Å². The molecule has 0 aliphatic carbocycles. The van der Waals surface area contributed by atoms with Gasteiger partial charge in [-0.3, -0.25) is 9.36 Å². The summed E-state index contributed by atoms with van der Waals surface area (Å²) in [4.78, 5) is 34.6. The quantitative estimate of drug-likeness (QED) is 0.460. The van der Waals surface area contributed by atoms with Crippen LogP contribution in [-0.4, -0.2) is 46.7 Å². The van der Waals surface area contributed by atoms with Crippen molar-refractivity contribution in [1.29, 1.82) is 0 Å². The van der Waals surface area contributed by atoms with Crippen LogP contribution in [0.25, 0.3) is 11.0 Å². The molecule has 36 heavy (non-hydrogen) atoms. The maximum absolute atomic E-state index is 13.8. The van der Waals surface area contributed by atoms with Crippen molar-refractivity contribution in [2.45, 2.75) is 20.4 Å². The number of amides is 2. The summed E-state index contributed by atoms with van der Waals surface area (Å²) in [5, 5.41) is 2.76. The lowest BCUT2D eigenvalue weighted by molar-refractivity contribution is 0.208. The average Bonchev–Trinajstić information content (AvgIpc) is 2.89. The summed E-state index contributed by atoms with van der Waals surface area (Å²) in [6, 6.07) is 20.1. The van der Waals surface area contributed by atoms with Crippen molar-refractivity contribution in [3.8, 4) is 0 Å². The number of benzene rings is 3. The summed E-state index contributed by atoms with van der Waals surface area (Å²) >= 11 is 0. The molecule has 5 rings (SSSR count). The number of halogens is 1. The molecule has 0 radical (unpaired) electrons. The summed E-state index contributed by atoms with van der Waals surface area (Å²) in [7, 11) is 0. The first-order valence-electron chi connectivity index (χ1n) is 12.0. The second-order valence-corrected chi connectivity index (χ2v) is 9.17. The molecule has 1 saturated heterocycles. The van der Waals surface area contributed by atoms with Gasteiger partial charge in [0.05, 0.1) is 17.6 Å². The molecule has 7 nitrogen and oxygen atoms in total. The van der Waals surface area contributed by atoms with Crippen molar-refractivity contribution in [2.24, 2.45) is 0 Å². The maximum atomic E-state index is 13.8. The molecule has 4 aromatic rings. The minimum Gasteiger partial charge on any atom is -0.348 e. The first kappa shape index (κ1) is 23.5. The number of nitrogens with zero attached hydrogens (tertiary/aromatic N) is 4. The van der Waals surface area contributed by atoms with Crippen LogP contribution in [0.5, 0.6) is 0 Å². The first-order valence-corrected chi connectivity index (χ1v) is 12.0. The minimum absolute atomic E-state index is 0.151. The smallest absolute Gasteiger partial charge is 0.321 e. The van der Waals surface area contributed by atoms with Gasteiger partial charge >= 0.3 is 6.03 Å². The molecule has 0 saturated carbocycles. The van der Waals surface area contributed by atoms with Crippen LogP contribution in [0.2, 0.25) is 0 Å². The zero-order valence-electron chi connectivity index (χ0n) is 20.4. The summed E-state index contributed by atoms with van der Waals surface area (Å²) in [6.07, 6.45) is 0. The number of fused-ring (bicyclic) bond motifs is 1. The van der Waals surface area contributed by atoms with Crippen molar-refractivity contribution in [3.63, 3.8) is 0 Å². The highest BCUT2D eigenvalue weighted by molar-refractivity contribution is 5.89. The van der Waals surface area contributed by atoms with E-state index in [1.165, 1.54) is 11.6 Å². The Balaban J connectivity index is 1.35. The number of piperazine rings is 1. The standard InChI is InChI=1S/C28H28FN5O2/c1-19-7-10-21(11-8-19)18-34-25-6-4-3-5-24(25)31-26(27(34)35)32-13-15-33(16-14-32)28(36)30-22-12-9-20(2)23(29)17-22/h3-12,17H,13-16,18H2,1-2H3,(H,30,36). The van der Waals surface area contributed by atoms with Gasteiger partial charge in [0.15, 0.2) is 5.82 Å². The topological polar surface area (TPSA) is 70.5 Å². The number of para-hydroxylation sites is 2. The molecule has 184 valence electrons. The Morgan fingerprint density at radius 2 is 1.69 bits per heavy atom. The predicted octanol–water partition coefficient (Wildman–Crippen LogP) is 4.55. The van der Waals surface area contributed by atoms with Crippen LogP contribution in [-0.2, 0) is 6.54 Å². The van der Waals surface area contributed by atoms with E-state index in [1.807, 2.05) is 60.4 Å². The SMILES string of the molecule is Cc1ccc(Cn2c(=O)c(N3CCN(C(=O)Nc4ccc(C)c(F)c4)CC3)nc3ccccc32)cc1. The Labute approximate surface area is 208 Å². The molecule has 1 N–H and O–H groups in total. The van der Waals surface area contributed by atoms with E-state index in [4.69, 9.17) is 4.98 Å². The maximum Gasteiger partial charge on any atom is 0.321 e. The number of aromatic nitrogens is 2. The van der Waals surface area contributed by atoms with Gasteiger partial charge in [-0.2, -0.15) is 0 Å². The number of nitrogens with one attached hydrogen (secondary N) is 1. The molecule has 1 fully saturated rings. The zero-order chi connectivity index (χ0) is 25.2. The van der Waals surface area contributed by atoms with Gasteiger partial charge in [-0.1, -0.05) is 48.0 Å². The van der Waals surface area contributed by atoms with Crippen molar-refractivity contribution in [2.75, 3.05) is 36.4 Å². The monoisotopic (exact) mass is 485 g/mol. The third-order valence-electron chi connectivity index (χ3n) is 6.59. The number of carbonyl (C=O) groups excluding carboxylic acids is 1. The number of anilines is 2. The summed E-state index contributed by atoms with van der Waals surface area (Å²) in [5.74, 6) is 0.0309. The number of hydrogen-bond acceptors (Lipinski definition) is 4. The lowest BCUT2D eigenvalue weighted by Crippen LogP contribution is -2.51. The second-order valence-electron chi connectivity index (χ2n) is 9.17. The molecule has 8 heteroatoms. The lowest BCUT2D eigenvalue weighted by atomic mass is 10.1. The van der Waals surface area contributed by atoms with E-state index in [2.05, 4.69) is 5.32 Å². The van der Waals surface area contributed by atoms with Crippen molar-refractivity contribution in [3.05, 3.63) is 99.6 Å². The number of carbonyl (C=O) groups is 1. The van der Waals surface area contributed by atoms with Crippen LogP contribution in [0.3, 0.4) is 0 Å². The number of rotatable bonds is 4. The fourth-order valence-corrected chi connectivity index (χ4v) is 4.41. The highest BCUT2D eigenvalue weighted by Gasteiger charge is 2.25. The van der Waals surface area contributed by atoms with Crippen molar-refractivity contribution in [1.82, 2.24) is 14.5 Å². The normalized spacial score (nSPS) is 13.8. The molecule has 1 aromatic heterocycles. The molecule has 0 bridgehead atoms. The Morgan fingerprint density at radius 1 is 0.972 bits per heavy atom. The van der Waals surface area contributed by atoms with Gasteiger partial charge in [-0.05, 0) is 49.2 Å². The minimum atomic E-state index is -0.359. The zero-order valence-corrected chi connectivity index (χ0v) is 20.4. The Hall–Kier alpha value is -4.20. The van der Waals surface area contributed by atoms with Crippen LogP contribution >= 0.6 is 0 Å². The largest absolute Gasteiger partial charge is 0.348 e. The molecule has 1 aliphatic heterocycles. The highest BCUT2D eigenvalue weighted by Crippen LogP contribution is 2.19. The number of hydrogen-bond donors (Lipinski definition) is 1. The van der Waals surface area contributed by atoms with E-state index in [-0.39, 0.29) is 17.4 Å². The van der Waals surface area contributed by atoms with Gasteiger partial charge in [0.25, 0.3) is 5.56 Å². The molecule has 0 atom stereocenters. The van der Waals surface area contributed by atoms with Gasteiger partial charge < -0.3 is 15.1 Å². The van der Waals surface area contributed by atoms with E-state index < -0.39 is 0 Å². The summed E-state index contributed by atoms with van der Waals surface area (Å²) in [6.45, 7) is 5.95. The van der Waals surface area contributed by atoms with Crippen LogP contribution in [0, 0.1) is 19.7 Å². The van der Waals surface area contributed by atoms with Crippen molar-refractivity contribution >= 4 is 28.6 Å². The van der Waals surface area contributed by atoms with Crippen LogP contribution in [0.1, 0.15) is 16.7 Å². The van der Waals surface area contributed by atoms with E-state index in [1.54, 1.807) is 28.5 Å². The number of aryl methyl sites for hydroxylation is 2. The van der Waals surface area contributed by atoms with Crippen LogP contribution in [0.4, 0.5) is 20.7 Å². The lowest BCUT2D eigenvalue weighted by Gasteiger charge is -2.35. The Bertz CT molecular complexity index is 1470. The van der Waals surface area contributed by atoms with Gasteiger partial charge in [0, 0.05) is 31.9 Å². The third kappa shape index (κ3) is 4.79. The molecular formula is C28H28FN5O2. The summed E-state index contributed by atoms with van der Waals surface area (Å²) in [5.41, 5.74) is 4.54. The van der Waals surface area contributed by atoms with Crippen LogP contribution in [0.15, 0.2) is 71.5 Å². The van der Waals surface area contributed by atoms with E-state index >= 15 is 0 Å². The average molecular weight is 486 g/mol. The molecule has 1 aliphatic rings. The van der Waals surface area contributed by atoms with E-state index in [0.717, 1.165) is 16.6 Å². The molecule has 2 amide bonds. The summed E-state index contributed by atoms with van der Waals surface area (Å²) < 4.78 is 15.6. The fraction of sp³-hybridized carbons (Fsp3) is 0.250. The number of urea groups is 1. The predicted molar refractivity (Wildman–Crippen MR) is 140 cm³/mol. The first-order chi connectivity index (χ1) is 17.4. The van der Waals surface area contributed by atoms with E-state index in [9.17, 15) is 14.0 Å². The molecule has 3 aromatic carbocycles. The highest BCUT2D eigenvalue weighted by atomic mass is 19.1. The molecular weight excluding hydrogens is 457 g/mol. The molecule has 2 heterocycles. The van der Waals surface area contributed by atoms with Gasteiger partial charge in [-0.15, -0.1) is 0 Å². The second kappa shape index (κ2) is 9.81. The third-order valence-corrected chi connectivity index (χ3v) is 6.59. The molecule has 0 spiro atoms. The Morgan fingerprint density at radius 3 is 2.42 bits per heavy atom. The Kier molecular flexibility index (Phi) is 6.41. The van der Waals surface area contributed by atoms with Gasteiger partial charge in [0.2, 0.25) is 0 Å².